The van der Waals surface area contributed by atoms with Crippen molar-refractivity contribution in [1.29, 1.82) is 0 Å². The molecule has 1 amide bonds. The molecule has 1 saturated heterocycles. The molecule has 0 radical (unpaired) electrons. The van der Waals surface area contributed by atoms with Gasteiger partial charge in [-0.25, -0.2) is 0 Å². The minimum atomic E-state index is 0.0233. The van der Waals surface area contributed by atoms with Crippen LogP contribution in [0.4, 0.5) is 0 Å². The Bertz CT molecular complexity index is 263. The molecule has 3 heteroatoms. The van der Waals surface area contributed by atoms with Gasteiger partial charge in [-0.05, 0) is 24.7 Å². The minimum Gasteiger partial charge on any atom is -0.322 e. The van der Waals surface area contributed by atoms with E-state index in [0.29, 0.717) is 23.8 Å². The molecule has 3 unspecified atom stereocenters. The number of carbonyl (C=O) groups is 1. The average Bonchev–Trinajstić information content (AvgIpc) is 2.57. The molecule has 1 aliphatic rings. The highest BCUT2D eigenvalue weighted by Gasteiger charge is 2.42. The van der Waals surface area contributed by atoms with Gasteiger partial charge >= 0.3 is 0 Å². The molecule has 0 bridgehead atoms. The van der Waals surface area contributed by atoms with Crippen LogP contribution in [-0.4, -0.2) is 29.1 Å². The second-order valence-corrected chi connectivity index (χ2v) is 5.78. The van der Waals surface area contributed by atoms with Crippen molar-refractivity contribution in [2.75, 3.05) is 0 Å². The van der Waals surface area contributed by atoms with Gasteiger partial charge in [0, 0.05) is 6.04 Å². The van der Waals surface area contributed by atoms with E-state index < -0.39 is 0 Å². The van der Waals surface area contributed by atoms with Crippen LogP contribution in [0.1, 0.15) is 54.4 Å². The average molecular weight is 240 g/mol. The van der Waals surface area contributed by atoms with E-state index in [0.717, 1.165) is 12.8 Å². The van der Waals surface area contributed by atoms with Crippen molar-refractivity contribution in [2.45, 2.75) is 72.6 Å². The van der Waals surface area contributed by atoms with E-state index in [9.17, 15) is 4.79 Å². The lowest BCUT2D eigenvalue weighted by Gasteiger charge is -2.36. The van der Waals surface area contributed by atoms with Crippen molar-refractivity contribution in [3.63, 3.8) is 0 Å². The van der Waals surface area contributed by atoms with E-state index in [1.807, 2.05) is 0 Å². The van der Waals surface area contributed by atoms with Gasteiger partial charge in [-0.15, -0.1) is 0 Å². The maximum atomic E-state index is 12.4. The maximum Gasteiger partial charge on any atom is 0.241 e. The predicted molar refractivity (Wildman–Crippen MR) is 71.6 cm³/mol. The summed E-state index contributed by atoms with van der Waals surface area (Å²) in [6.45, 7) is 13.0. The summed E-state index contributed by atoms with van der Waals surface area (Å²) in [5, 5.41) is 3.49. The van der Waals surface area contributed by atoms with Gasteiger partial charge in [-0.2, -0.15) is 0 Å². The highest BCUT2D eigenvalue weighted by Crippen LogP contribution is 2.26. The zero-order chi connectivity index (χ0) is 13.2. The summed E-state index contributed by atoms with van der Waals surface area (Å²) in [4.78, 5) is 14.5. The molecule has 1 N–H and O–H groups in total. The third kappa shape index (κ3) is 2.82. The van der Waals surface area contributed by atoms with Gasteiger partial charge in [0.15, 0.2) is 0 Å². The van der Waals surface area contributed by atoms with E-state index >= 15 is 0 Å². The number of hydrogen-bond acceptors (Lipinski definition) is 2. The summed E-state index contributed by atoms with van der Waals surface area (Å²) in [6, 6.07) is 0.383. The number of carbonyl (C=O) groups excluding carboxylic acids is 1. The summed E-state index contributed by atoms with van der Waals surface area (Å²) in [7, 11) is 0. The third-order valence-electron chi connectivity index (χ3n) is 3.81. The first kappa shape index (κ1) is 14.5. The standard InChI is InChI=1S/C14H28N2O/c1-7-11-14(17)16(12(8-2)9(3)4)13(15-11)10(5)6/h9-13,15H,7-8H2,1-6H3. The molecular weight excluding hydrogens is 212 g/mol. The Hall–Kier alpha value is -0.570. The Labute approximate surface area is 106 Å². The van der Waals surface area contributed by atoms with Crippen molar-refractivity contribution in [3.05, 3.63) is 0 Å². The van der Waals surface area contributed by atoms with Crippen molar-refractivity contribution >= 4 is 5.91 Å². The largest absolute Gasteiger partial charge is 0.322 e. The second kappa shape index (κ2) is 5.85. The van der Waals surface area contributed by atoms with Gasteiger partial charge in [-0.3, -0.25) is 10.1 Å². The summed E-state index contributed by atoms with van der Waals surface area (Å²) in [6.07, 6.45) is 2.12. The lowest BCUT2D eigenvalue weighted by atomic mass is 9.97. The van der Waals surface area contributed by atoms with Crippen molar-refractivity contribution in [1.82, 2.24) is 10.2 Å². The molecule has 100 valence electrons. The van der Waals surface area contributed by atoms with Crippen molar-refractivity contribution < 1.29 is 4.79 Å². The molecular formula is C14H28N2O. The molecule has 1 aliphatic heterocycles. The Morgan fingerprint density at radius 1 is 1.24 bits per heavy atom. The molecule has 1 heterocycles. The normalized spacial score (nSPS) is 27.3. The lowest BCUT2D eigenvalue weighted by molar-refractivity contribution is -0.134. The molecule has 3 nitrogen and oxygen atoms in total. The SMILES string of the molecule is CCC1NC(C(C)C)N(C(CC)C(C)C)C1=O. The van der Waals surface area contributed by atoms with Crippen LogP contribution in [0.15, 0.2) is 0 Å². The highest BCUT2D eigenvalue weighted by molar-refractivity contribution is 5.84. The predicted octanol–water partition coefficient (Wildman–Crippen LogP) is 2.61. The van der Waals surface area contributed by atoms with E-state index in [2.05, 4.69) is 51.8 Å². The maximum absolute atomic E-state index is 12.4. The summed E-state index contributed by atoms with van der Waals surface area (Å²) >= 11 is 0. The Morgan fingerprint density at radius 3 is 2.18 bits per heavy atom. The molecule has 1 fully saturated rings. The van der Waals surface area contributed by atoms with Gasteiger partial charge in [0.05, 0.1) is 12.2 Å². The molecule has 0 saturated carbocycles. The van der Waals surface area contributed by atoms with Gasteiger partial charge in [-0.1, -0.05) is 41.5 Å². The fourth-order valence-electron chi connectivity index (χ4n) is 2.84. The van der Waals surface area contributed by atoms with Gasteiger partial charge in [0.25, 0.3) is 0 Å². The summed E-state index contributed by atoms with van der Waals surface area (Å²) in [5.74, 6) is 1.28. The van der Waals surface area contributed by atoms with Crippen LogP contribution in [0, 0.1) is 11.8 Å². The number of hydrogen-bond donors (Lipinski definition) is 1. The van der Waals surface area contributed by atoms with Gasteiger partial charge in [0.1, 0.15) is 0 Å². The highest BCUT2D eigenvalue weighted by atomic mass is 16.2. The number of nitrogens with zero attached hydrogens (tertiary/aromatic N) is 1. The number of rotatable bonds is 5. The number of amides is 1. The molecule has 0 spiro atoms. The topological polar surface area (TPSA) is 32.3 Å². The fourth-order valence-corrected chi connectivity index (χ4v) is 2.84. The fraction of sp³-hybridized carbons (Fsp3) is 0.929. The monoisotopic (exact) mass is 240 g/mol. The van der Waals surface area contributed by atoms with E-state index in [4.69, 9.17) is 0 Å². The van der Waals surface area contributed by atoms with Crippen LogP contribution in [-0.2, 0) is 4.79 Å². The van der Waals surface area contributed by atoms with E-state index in [1.54, 1.807) is 0 Å². The smallest absolute Gasteiger partial charge is 0.241 e. The van der Waals surface area contributed by atoms with E-state index in [-0.39, 0.29) is 12.2 Å². The Morgan fingerprint density at radius 2 is 1.82 bits per heavy atom. The lowest BCUT2D eigenvalue weighted by Crippen LogP contribution is -2.49. The first-order valence-corrected chi connectivity index (χ1v) is 7.02. The van der Waals surface area contributed by atoms with Crippen molar-refractivity contribution in [3.8, 4) is 0 Å². The van der Waals surface area contributed by atoms with Crippen molar-refractivity contribution in [2.24, 2.45) is 11.8 Å². The van der Waals surface area contributed by atoms with Gasteiger partial charge < -0.3 is 4.90 Å². The molecule has 0 aliphatic carbocycles. The first-order chi connectivity index (χ1) is 7.93. The molecule has 0 aromatic heterocycles. The van der Waals surface area contributed by atoms with E-state index in [1.165, 1.54) is 0 Å². The molecule has 0 aromatic carbocycles. The molecule has 17 heavy (non-hydrogen) atoms. The number of nitrogens with one attached hydrogen (secondary N) is 1. The van der Waals surface area contributed by atoms with Crippen LogP contribution in [0.3, 0.4) is 0 Å². The Balaban J connectivity index is 2.95. The Kier molecular flexibility index (Phi) is 4.99. The first-order valence-electron chi connectivity index (χ1n) is 7.02. The van der Waals surface area contributed by atoms with Crippen LogP contribution in [0.5, 0.6) is 0 Å². The van der Waals surface area contributed by atoms with Crippen LogP contribution in [0.2, 0.25) is 0 Å². The zero-order valence-electron chi connectivity index (χ0n) is 12.2. The van der Waals surface area contributed by atoms with Crippen LogP contribution < -0.4 is 5.32 Å². The molecule has 3 atom stereocenters. The molecule has 1 rings (SSSR count). The molecule has 0 aromatic rings. The van der Waals surface area contributed by atoms with Crippen LogP contribution >= 0.6 is 0 Å². The summed E-state index contributed by atoms with van der Waals surface area (Å²) < 4.78 is 0. The second-order valence-electron chi connectivity index (χ2n) is 5.78. The summed E-state index contributed by atoms with van der Waals surface area (Å²) in [5.41, 5.74) is 0. The third-order valence-corrected chi connectivity index (χ3v) is 3.81. The minimum absolute atomic E-state index is 0.0233. The zero-order valence-corrected chi connectivity index (χ0v) is 12.2. The van der Waals surface area contributed by atoms with Gasteiger partial charge in [0.2, 0.25) is 5.91 Å². The quantitative estimate of drug-likeness (QED) is 0.801. The van der Waals surface area contributed by atoms with Crippen LogP contribution in [0.25, 0.3) is 0 Å².